The van der Waals surface area contributed by atoms with Gasteiger partial charge in [0.25, 0.3) is 10.1 Å². The number of benzene rings is 1. The summed E-state index contributed by atoms with van der Waals surface area (Å²) in [6, 6.07) is 6.72. The molecule has 0 radical (unpaired) electrons. The van der Waals surface area contributed by atoms with Crippen molar-refractivity contribution in [2.45, 2.75) is 24.3 Å². The maximum absolute atomic E-state index is 12.0. The van der Waals surface area contributed by atoms with Crippen LogP contribution < -0.4 is 0 Å². The molecule has 2 rings (SSSR count). The molecule has 1 aromatic carbocycles. The van der Waals surface area contributed by atoms with Gasteiger partial charge in [-0.15, -0.1) is 0 Å². The lowest BCUT2D eigenvalue weighted by Gasteiger charge is -2.12. The third-order valence-electron chi connectivity index (χ3n) is 2.92. The predicted octanol–water partition coefficient (Wildman–Crippen LogP) is 1.40. The summed E-state index contributed by atoms with van der Waals surface area (Å²) in [5.41, 5.74) is 1.03. The van der Waals surface area contributed by atoms with E-state index in [-0.39, 0.29) is 11.0 Å². The van der Waals surface area contributed by atoms with Crippen LogP contribution in [0, 0.1) is 6.92 Å². The Kier molecular flexibility index (Phi) is 3.51. The van der Waals surface area contributed by atoms with Crippen LogP contribution in [-0.2, 0) is 14.3 Å². The van der Waals surface area contributed by atoms with E-state index in [1.54, 1.807) is 24.3 Å². The van der Waals surface area contributed by atoms with Crippen molar-refractivity contribution in [2.75, 3.05) is 20.1 Å². The molecule has 1 heterocycles. The number of hydrogen-bond acceptors (Lipinski definition) is 4. The fourth-order valence-corrected chi connectivity index (χ4v) is 3.01. The summed E-state index contributed by atoms with van der Waals surface area (Å²) in [6.07, 6.45) is 0.549. The smallest absolute Gasteiger partial charge is 0.297 e. The molecule has 0 N–H and O–H groups in total. The number of aryl methyl sites for hydroxylation is 1. The summed E-state index contributed by atoms with van der Waals surface area (Å²) in [5.74, 6) is 0. The monoisotopic (exact) mass is 255 g/mol. The first kappa shape index (κ1) is 12.5. The summed E-state index contributed by atoms with van der Waals surface area (Å²) < 4.78 is 29.2. The molecule has 0 spiro atoms. The van der Waals surface area contributed by atoms with Crippen LogP contribution in [0.2, 0.25) is 0 Å². The highest BCUT2D eigenvalue weighted by Gasteiger charge is 2.26. The summed E-state index contributed by atoms with van der Waals surface area (Å²) in [5, 5.41) is 0. The van der Waals surface area contributed by atoms with Gasteiger partial charge in [-0.25, -0.2) is 0 Å². The van der Waals surface area contributed by atoms with Gasteiger partial charge in [-0.2, -0.15) is 8.42 Å². The maximum Gasteiger partial charge on any atom is 0.297 e. The Hall–Kier alpha value is -0.910. The molecule has 0 saturated carbocycles. The van der Waals surface area contributed by atoms with Crippen LogP contribution in [0.15, 0.2) is 29.2 Å². The fourth-order valence-electron chi connectivity index (χ4n) is 1.91. The molecule has 1 aromatic rings. The van der Waals surface area contributed by atoms with Crippen LogP contribution in [0.5, 0.6) is 0 Å². The van der Waals surface area contributed by atoms with Gasteiger partial charge in [-0.1, -0.05) is 17.7 Å². The summed E-state index contributed by atoms with van der Waals surface area (Å²) >= 11 is 0. The Morgan fingerprint density at radius 2 is 1.94 bits per heavy atom. The minimum absolute atomic E-state index is 0.216. The lowest BCUT2D eigenvalue weighted by molar-refractivity contribution is 0.215. The lowest BCUT2D eigenvalue weighted by atomic mass is 10.2. The van der Waals surface area contributed by atoms with Crippen molar-refractivity contribution in [1.82, 2.24) is 4.90 Å². The van der Waals surface area contributed by atoms with E-state index in [1.165, 1.54) is 0 Å². The average molecular weight is 255 g/mol. The quantitative estimate of drug-likeness (QED) is 0.766. The molecule has 17 heavy (non-hydrogen) atoms. The van der Waals surface area contributed by atoms with Crippen molar-refractivity contribution in [3.63, 3.8) is 0 Å². The summed E-state index contributed by atoms with van der Waals surface area (Å²) in [6.45, 7) is 3.47. The van der Waals surface area contributed by atoms with E-state index in [4.69, 9.17) is 4.18 Å². The van der Waals surface area contributed by atoms with Gasteiger partial charge >= 0.3 is 0 Å². The van der Waals surface area contributed by atoms with Crippen LogP contribution in [0.1, 0.15) is 12.0 Å². The summed E-state index contributed by atoms with van der Waals surface area (Å²) in [4.78, 5) is 2.30. The number of rotatable bonds is 3. The average Bonchev–Trinajstić information content (AvgIpc) is 2.63. The molecule has 1 unspecified atom stereocenters. The standard InChI is InChI=1S/C12H17NO3S/c1-10-3-5-12(6-4-10)17(14,15)16-11-7-8-13(2)9-11/h3-6,11H,7-9H2,1-2H3. The molecule has 0 aromatic heterocycles. The topological polar surface area (TPSA) is 46.6 Å². The Bertz CT molecular complexity index is 481. The van der Waals surface area contributed by atoms with Gasteiger partial charge in [-0.3, -0.25) is 4.18 Å². The van der Waals surface area contributed by atoms with Crippen LogP contribution >= 0.6 is 0 Å². The maximum atomic E-state index is 12.0. The lowest BCUT2D eigenvalue weighted by Crippen LogP contribution is -2.22. The normalized spacial score (nSPS) is 21.9. The Labute approximate surface area is 102 Å². The molecule has 1 fully saturated rings. The zero-order valence-corrected chi connectivity index (χ0v) is 10.9. The number of nitrogens with zero attached hydrogens (tertiary/aromatic N) is 1. The van der Waals surface area contributed by atoms with E-state index in [9.17, 15) is 8.42 Å². The first-order chi connectivity index (χ1) is 7.97. The Balaban J connectivity index is 2.11. The summed E-state index contributed by atoms with van der Waals surface area (Å²) in [7, 11) is -1.65. The molecular weight excluding hydrogens is 238 g/mol. The minimum Gasteiger partial charge on any atom is -0.304 e. The third kappa shape index (κ3) is 3.06. The second-order valence-corrected chi connectivity index (χ2v) is 6.11. The molecular formula is C12H17NO3S. The van der Waals surface area contributed by atoms with Gasteiger partial charge in [-0.05, 0) is 32.5 Å². The van der Waals surface area contributed by atoms with Crippen molar-refractivity contribution in [3.8, 4) is 0 Å². The molecule has 0 aliphatic carbocycles. The Morgan fingerprint density at radius 1 is 1.29 bits per heavy atom. The first-order valence-electron chi connectivity index (χ1n) is 5.66. The molecule has 94 valence electrons. The third-order valence-corrected chi connectivity index (χ3v) is 4.30. The Morgan fingerprint density at radius 3 is 2.47 bits per heavy atom. The number of hydrogen-bond donors (Lipinski definition) is 0. The van der Waals surface area contributed by atoms with Crippen molar-refractivity contribution in [3.05, 3.63) is 29.8 Å². The zero-order valence-electron chi connectivity index (χ0n) is 10.1. The molecule has 0 bridgehead atoms. The second-order valence-electron chi connectivity index (χ2n) is 4.54. The highest BCUT2D eigenvalue weighted by atomic mass is 32.2. The van der Waals surface area contributed by atoms with Crippen LogP contribution in [-0.4, -0.2) is 39.6 Å². The van der Waals surface area contributed by atoms with E-state index < -0.39 is 10.1 Å². The highest BCUT2D eigenvalue weighted by Crippen LogP contribution is 2.19. The molecule has 1 saturated heterocycles. The van der Waals surface area contributed by atoms with Gasteiger partial charge in [0, 0.05) is 13.1 Å². The fraction of sp³-hybridized carbons (Fsp3) is 0.500. The van der Waals surface area contributed by atoms with Gasteiger partial charge in [0.05, 0.1) is 11.0 Å². The largest absolute Gasteiger partial charge is 0.304 e. The molecule has 4 nitrogen and oxygen atoms in total. The van der Waals surface area contributed by atoms with E-state index in [2.05, 4.69) is 4.90 Å². The first-order valence-corrected chi connectivity index (χ1v) is 7.07. The molecule has 1 aliphatic rings. The van der Waals surface area contributed by atoms with Crippen molar-refractivity contribution in [2.24, 2.45) is 0 Å². The molecule has 5 heteroatoms. The van der Waals surface area contributed by atoms with Crippen LogP contribution in [0.4, 0.5) is 0 Å². The van der Waals surface area contributed by atoms with E-state index >= 15 is 0 Å². The van der Waals surface area contributed by atoms with Gasteiger partial charge in [0.2, 0.25) is 0 Å². The second kappa shape index (κ2) is 4.76. The van der Waals surface area contributed by atoms with Gasteiger partial charge in [0.1, 0.15) is 0 Å². The number of likely N-dealkylation sites (tertiary alicyclic amines) is 1. The molecule has 0 amide bonds. The molecule has 1 atom stereocenters. The number of likely N-dealkylation sites (N-methyl/N-ethyl adjacent to an activating group) is 1. The predicted molar refractivity (Wildman–Crippen MR) is 65.4 cm³/mol. The van der Waals surface area contributed by atoms with E-state index in [0.29, 0.717) is 6.54 Å². The minimum atomic E-state index is -3.61. The SMILES string of the molecule is Cc1ccc(S(=O)(=O)OC2CCN(C)C2)cc1. The van der Waals surface area contributed by atoms with Crippen molar-refractivity contribution < 1.29 is 12.6 Å². The molecule has 1 aliphatic heterocycles. The van der Waals surface area contributed by atoms with Crippen molar-refractivity contribution >= 4 is 10.1 Å². The zero-order chi connectivity index (χ0) is 12.5. The van der Waals surface area contributed by atoms with Crippen molar-refractivity contribution in [1.29, 1.82) is 0 Å². The van der Waals surface area contributed by atoms with Crippen LogP contribution in [0.25, 0.3) is 0 Å². The van der Waals surface area contributed by atoms with Crippen LogP contribution in [0.3, 0.4) is 0 Å². The van der Waals surface area contributed by atoms with E-state index in [1.807, 2.05) is 14.0 Å². The van der Waals surface area contributed by atoms with Gasteiger partial charge < -0.3 is 4.90 Å². The van der Waals surface area contributed by atoms with Gasteiger partial charge in [0.15, 0.2) is 0 Å². The highest BCUT2D eigenvalue weighted by molar-refractivity contribution is 7.86. The van der Waals surface area contributed by atoms with E-state index in [0.717, 1.165) is 18.5 Å².